The van der Waals surface area contributed by atoms with Gasteiger partial charge in [0.2, 0.25) is 0 Å². The number of aliphatic imine (C=N–C) groups is 1. The Balaban J connectivity index is 2.05. The standard InChI is InChI=1S/C21H20F3N3O2S/c1-13-17(20(25)26-14-8-10-15(11-9-14)30(3,28)29)12-27(2)19(13)16-6-4-5-7-18(16)21(22,23)24/h4-12H,1-3H3,(H2,25,26). The number of amidine groups is 1. The van der Waals surface area contributed by atoms with Crippen molar-refractivity contribution in [2.24, 2.45) is 17.8 Å². The number of sulfone groups is 1. The van der Waals surface area contributed by atoms with Gasteiger partial charge in [0.05, 0.1) is 21.8 Å². The predicted octanol–water partition coefficient (Wildman–Crippen LogP) is 4.46. The summed E-state index contributed by atoms with van der Waals surface area (Å²) in [6.45, 7) is 1.69. The fourth-order valence-corrected chi connectivity index (χ4v) is 3.93. The molecule has 0 aliphatic heterocycles. The topological polar surface area (TPSA) is 77.4 Å². The lowest BCUT2D eigenvalue weighted by Gasteiger charge is -2.14. The lowest BCUT2D eigenvalue weighted by molar-refractivity contribution is -0.137. The third-order valence-electron chi connectivity index (χ3n) is 4.71. The second-order valence-electron chi connectivity index (χ2n) is 6.93. The molecule has 0 atom stereocenters. The monoisotopic (exact) mass is 435 g/mol. The van der Waals surface area contributed by atoms with Crippen LogP contribution in [-0.4, -0.2) is 25.1 Å². The van der Waals surface area contributed by atoms with E-state index in [1.54, 1.807) is 30.8 Å². The van der Waals surface area contributed by atoms with Gasteiger partial charge in [0.15, 0.2) is 9.84 Å². The van der Waals surface area contributed by atoms with Crippen molar-refractivity contribution in [3.05, 3.63) is 71.4 Å². The van der Waals surface area contributed by atoms with Gasteiger partial charge in [-0.05, 0) is 42.8 Å². The number of hydrogen-bond donors (Lipinski definition) is 1. The highest BCUT2D eigenvalue weighted by Crippen LogP contribution is 2.39. The van der Waals surface area contributed by atoms with Crippen LogP contribution in [0.5, 0.6) is 0 Å². The molecule has 1 aromatic heterocycles. The van der Waals surface area contributed by atoms with Crippen molar-refractivity contribution in [3.8, 4) is 11.3 Å². The van der Waals surface area contributed by atoms with Crippen molar-refractivity contribution >= 4 is 21.4 Å². The number of hydrogen-bond acceptors (Lipinski definition) is 3. The molecule has 30 heavy (non-hydrogen) atoms. The van der Waals surface area contributed by atoms with Gasteiger partial charge in [-0.25, -0.2) is 13.4 Å². The summed E-state index contributed by atoms with van der Waals surface area (Å²) in [6, 6.07) is 11.2. The number of nitrogens with zero attached hydrogens (tertiary/aromatic N) is 2. The van der Waals surface area contributed by atoms with E-state index in [1.807, 2.05) is 0 Å². The Hall–Kier alpha value is -3.07. The second-order valence-corrected chi connectivity index (χ2v) is 8.95. The number of aromatic nitrogens is 1. The molecule has 3 rings (SSSR count). The van der Waals surface area contributed by atoms with Crippen LogP contribution in [-0.2, 0) is 23.1 Å². The zero-order chi connectivity index (χ0) is 22.3. The van der Waals surface area contributed by atoms with E-state index in [-0.39, 0.29) is 16.3 Å². The van der Waals surface area contributed by atoms with Crippen LogP contribution in [0.15, 0.2) is 64.6 Å². The summed E-state index contributed by atoms with van der Waals surface area (Å²) < 4.78 is 65.1. The Morgan fingerprint density at radius 3 is 2.23 bits per heavy atom. The SMILES string of the molecule is Cc1c(C(N)=Nc2ccc(S(C)(=O)=O)cc2)cn(C)c1-c1ccccc1C(F)(F)F. The van der Waals surface area contributed by atoms with Crippen LogP contribution < -0.4 is 5.73 Å². The molecule has 2 N–H and O–H groups in total. The molecule has 0 amide bonds. The molecule has 5 nitrogen and oxygen atoms in total. The molecule has 9 heteroatoms. The fraction of sp³-hybridized carbons (Fsp3) is 0.190. The van der Waals surface area contributed by atoms with Crippen molar-refractivity contribution in [2.75, 3.05) is 6.26 Å². The van der Waals surface area contributed by atoms with Gasteiger partial charge in [-0.2, -0.15) is 13.2 Å². The van der Waals surface area contributed by atoms with Gasteiger partial charge in [0.25, 0.3) is 0 Å². The number of rotatable bonds is 4. The average Bonchev–Trinajstić information content (AvgIpc) is 2.95. The highest BCUT2D eigenvalue weighted by atomic mass is 32.2. The number of aryl methyl sites for hydroxylation is 1. The van der Waals surface area contributed by atoms with Crippen LogP contribution in [0.25, 0.3) is 11.3 Å². The van der Waals surface area contributed by atoms with Crippen LogP contribution in [0.2, 0.25) is 0 Å². The summed E-state index contributed by atoms with van der Waals surface area (Å²) in [5.41, 5.74) is 7.34. The van der Waals surface area contributed by atoms with E-state index in [0.717, 1.165) is 12.3 Å². The van der Waals surface area contributed by atoms with Gasteiger partial charge < -0.3 is 10.3 Å². The predicted molar refractivity (Wildman–Crippen MR) is 111 cm³/mol. The van der Waals surface area contributed by atoms with E-state index < -0.39 is 21.6 Å². The molecule has 0 radical (unpaired) electrons. The van der Waals surface area contributed by atoms with Crippen molar-refractivity contribution in [2.45, 2.75) is 18.0 Å². The number of nitrogens with two attached hydrogens (primary N) is 1. The molecule has 0 aliphatic carbocycles. The smallest absolute Gasteiger partial charge is 0.383 e. The first-order chi connectivity index (χ1) is 13.9. The summed E-state index contributed by atoms with van der Waals surface area (Å²) in [5.74, 6) is 0.117. The maximum atomic E-state index is 13.5. The maximum absolute atomic E-state index is 13.5. The number of halogens is 3. The Kier molecular flexibility index (Phi) is 5.51. The van der Waals surface area contributed by atoms with Gasteiger partial charge in [-0.1, -0.05) is 18.2 Å². The van der Waals surface area contributed by atoms with Crippen molar-refractivity contribution in [3.63, 3.8) is 0 Å². The Labute approximate surface area is 172 Å². The van der Waals surface area contributed by atoms with Gasteiger partial charge in [-0.15, -0.1) is 0 Å². The molecule has 1 heterocycles. The summed E-state index contributed by atoms with van der Waals surface area (Å²) in [7, 11) is -1.68. The fourth-order valence-electron chi connectivity index (χ4n) is 3.30. The molecule has 158 valence electrons. The van der Waals surface area contributed by atoms with Gasteiger partial charge in [-0.3, -0.25) is 0 Å². The Morgan fingerprint density at radius 1 is 1.07 bits per heavy atom. The van der Waals surface area contributed by atoms with E-state index in [1.165, 1.54) is 36.4 Å². The molecule has 0 saturated heterocycles. The van der Waals surface area contributed by atoms with Gasteiger partial charge >= 0.3 is 6.18 Å². The van der Waals surface area contributed by atoms with Crippen LogP contribution in [0.4, 0.5) is 18.9 Å². The van der Waals surface area contributed by atoms with E-state index in [4.69, 9.17) is 5.73 Å². The molecule has 3 aromatic rings. The summed E-state index contributed by atoms with van der Waals surface area (Å²) in [4.78, 5) is 4.45. The van der Waals surface area contributed by atoms with Crippen LogP contribution in [0.3, 0.4) is 0 Å². The zero-order valence-electron chi connectivity index (χ0n) is 16.5. The minimum atomic E-state index is -4.49. The minimum Gasteiger partial charge on any atom is -0.383 e. The highest BCUT2D eigenvalue weighted by Gasteiger charge is 2.34. The number of alkyl halides is 3. The summed E-state index contributed by atoms with van der Waals surface area (Å²) in [5, 5.41) is 0. The molecule has 0 spiro atoms. The van der Waals surface area contributed by atoms with E-state index in [0.29, 0.717) is 22.5 Å². The first kappa shape index (κ1) is 21.6. The molecule has 0 bridgehead atoms. The molecule has 0 aliphatic rings. The van der Waals surface area contributed by atoms with Gasteiger partial charge in [0, 0.05) is 30.6 Å². The third-order valence-corrected chi connectivity index (χ3v) is 5.84. The van der Waals surface area contributed by atoms with E-state index in [9.17, 15) is 21.6 Å². The minimum absolute atomic E-state index is 0.0570. The van der Waals surface area contributed by atoms with Crippen molar-refractivity contribution < 1.29 is 21.6 Å². The molecule has 0 unspecified atom stereocenters. The molecular formula is C21H20F3N3O2S. The maximum Gasteiger partial charge on any atom is 0.417 e. The lowest BCUT2D eigenvalue weighted by Crippen LogP contribution is -2.13. The van der Waals surface area contributed by atoms with Crippen LogP contribution in [0.1, 0.15) is 16.7 Å². The van der Waals surface area contributed by atoms with Crippen LogP contribution in [0, 0.1) is 6.92 Å². The Bertz CT molecular complexity index is 1230. The normalized spacial score (nSPS) is 12.9. The van der Waals surface area contributed by atoms with Gasteiger partial charge in [0.1, 0.15) is 5.84 Å². The second kappa shape index (κ2) is 7.64. The zero-order valence-corrected chi connectivity index (χ0v) is 17.3. The Morgan fingerprint density at radius 2 is 1.67 bits per heavy atom. The van der Waals surface area contributed by atoms with Crippen molar-refractivity contribution in [1.29, 1.82) is 0 Å². The first-order valence-electron chi connectivity index (χ1n) is 8.86. The van der Waals surface area contributed by atoms with Crippen molar-refractivity contribution in [1.82, 2.24) is 4.57 Å². The average molecular weight is 435 g/mol. The third kappa shape index (κ3) is 4.25. The molecule has 2 aromatic carbocycles. The number of benzene rings is 2. The summed E-state index contributed by atoms with van der Waals surface area (Å²) >= 11 is 0. The largest absolute Gasteiger partial charge is 0.417 e. The lowest BCUT2D eigenvalue weighted by atomic mass is 10.00. The highest BCUT2D eigenvalue weighted by molar-refractivity contribution is 7.90. The van der Waals surface area contributed by atoms with Crippen LogP contribution >= 0.6 is 0 Å². The first-order valence-corrected chi connectivity index (χ1v) is 10.8. The van der Waals surface area contributed by atoms with E-state index >= 15 is 0 Å². The molecule has 0 fully saturated rings. The quantitative estimate of drug-likeness (QED) is 0.486. The molecule has 0 saturated carbocycles. The summed E-state index contributed by atoms with van der Waals surface area (Å²) in [6.07, 6.45) is -1.76. The molecular weight excluding hydrogens is 415 g/mol. The van der Waals surface area contributed by atoms with E-state index in [2.05, 4.69) is 4.99 Å².